The summed E-state index contributed by atoms with van der Waals surface area (Å²) < 4.78 is 0. The molecule has 3 aromatic rings. The van der Waals surface area contributed by atoms with Gasteiger partial charge in [-0.1, -0.05) is 30.3 Å². The molecule has 0 fully saturated rings. The van der Waals surface area contributed by atoms with Crippen molar-refractivity contribution in [1.82, 2.24) is 20.2 Å². The van der Waals surface area contributed by atoms with Crippen LogP contribution in [-0.4, -0.2) is 20.2 Å². The molecule has 0 saturated carbocycles. The van der Waals surface area contributed by atoms with Crippen molar-refractivity contribution in [2.45, 2.75) is 0 Å². The minimum atomic E-state index is 0.840. The fourth-order valence-electron chi connectivity index (χ4n) is 1.72. The molecule has 0 spiro atoms. The molecule has 1 aromatic carbocycles. The first-order chi connectivity index (χ1) is 8.93. The lowest BCUT2D eigenvalue weighted by molar-refractivity contribution is 1.03. The summed E-state index contributed by atoms with van der Waals surface area (Å²) in [5, 5.41) is 8.17. The molecule has 0 radical (unpaired) electrons. The summed E-state index contributed by atoms with van der Waals surface area (Å²) in [6, 6.07) is 13.8. The molecule has 86 valence electrons. The molecule has 3 rings (SSSR count). The van der Waals surface area contributed by atoms with E-state index in [2.05, 4.69) is 20.2 Å². The highest BCUT2D eigenvalue weighted by molar-refractivity contribution is 5.66. The van der Waals surface area contributed by atoms with Crippen molar-refractivity contribution in [1.29, 1.82) is 0 Å². The van der Waals surface area contributed by atoms with E-state index in [1.54, 1.807) is 12.4 Å². The quantitative estimate of drug-likeness (QED) is 0.684. The van der Waals surface area contributed by atoms with E-state index in [0.29, 0.717) is 0 Å². The first kappa shape index (κ1) is 10.5. The highest BCUT2D eigenvalue weighted by Gasteiger charge is 2.03. The van der Waals surface area contributed by atoms with E-state index in [1.165, 1.54) is 6.33 Å². The van der Waals surface area contributed by atoms with Gasteiger partial charge in [-0.15, -0.1) is 0 Å². The highest BCUT2D eigenvalue weighted by Crippen LogP contribution is 2.21. The summed E-state index contributed by atoms with van der Waals surface area (Å²) >= 11 is 0. The molecule has 0 N–H and O–H groups in total. The van der Waals surface area contributed by atoms with Crippen molar-refractivity contribution >= 4 is 0 Å². The molecule has 0 aliphatic rings. The molecule has 0 aliphatic heterocycles. The summed E-state index contributed by atoms with van der Waals surface area (Å²) in [6.07, 6.45) is 4.94. The van der Waals surface area contributed by atoms with Crippen LogP contribution in [0.3, 0.4) is 0 Å². The molecule has 4 nitrogen and oxygen atoms in total. The molecule has 2 aromatic heterocycles. The van der Waals surface area contributed by atoms with Gasteiger partial charge in [-0.3, -0.25) is 0 Å². The zero-order valence-corrected chi connectivity index (χ0v) is 9.56. The highest BCUT2D eigenvalue weighted by atomic mass is 15.1. The number of aromatic nitrogens is 4. The van der Waals surface area contributed by atoms with Gasteiger partial charge in [0.1, 0.15) is 6.33 Å². The van der Waals surface area contributed by atoms with E-state index < -0.39 is 0 Å². The zero-order chi connectivity index (χ0) is 12.2. The van der Waals surface area contributed by atoms with Gasteiger partial charge in [0.25, 0.3) is 0 Å². The Kier molecular flexibility index (Phi) is 2.75. The van der Waals surface area contributed by atoms with Crippen molar-refractivity contribution in [3.05, 3.63) is 61.2 Å². The number of hydrogen-bond acceptors (Lipinski definition) is 4. The number of benzene rings is 1. The van der Waals surface area contributed by atoms with Gasteiger partial charge in [-0.05, 0) is 12.1 Å². The average molecular weight is 234 g/mol. The molecule has 0 atom stereocenters. The Labute approximate surface area is 104 Å². The van der Waals surface area contributed by atoms with Gasteiger partial charge in [0.05, 0.1) is 17.6 Å². The Hall–Kier alpha value is -2.62. The summed E-state index contributed by atoms with van der Waals surface area (Å²) in [5.41, 5.74) is 3.66. The van der Waals surface area contributed by atoms with Gasteiger partial charge < -0.3 is 0 Å². The Bertz CT molecular complexity index is 583. The first-order valence-electron chi connectivity index (χ1n) is 5.58. The maximum absolute atomic E-state index is 4.20. The van der Waals surface area contributed by atoms with Crippen LogP contribution in [0.2, 0.25) is 0 Å². The lowest BCUT2D eigenvalue weighted by Crippen LogP contribution is -1.90. The Morgan fingerprint density at radius 1 is 0.833 bits per heavy atom. The van der Waals surface area contributed by atoms with Crippen LogP contribution in [0.5, 0.6) is 0 Å². The fraction of sp³-hybridized carbons (Fsp3) is 0. The van der Waals surface area contributed by atoms with Crippen LogP contribution in [0.1, 0.15) is 0 Å². The Balaban J connectivity index is 2.05. The van der Waals surface area contributed by atoms with Gasteiger partial charge in [-0.25, -0.2) is 9.97 Å². The fourth-order valence-corrected chi connectivity index (χ4v) is 1.72. The van der Waals surface area contributed by atoms with Crippen LogP contribution in [0, 0.1) is 0 Å². The monoisotopic (exact) mass is 234 g/mol. The minimum absolute atomic E-state index is 0.840. The lowest BCUT2D eigenvalue weighted by atomic mass is 10.1. The van der Waals surface area contributed by atoms with Crippen molar-refractivity contribution in [2.75, 3.05) is 0 Å². The molecular formula is C14H10N4. The third-order valence-corrected chi connectivity index (χ3v) is 2.60. The van der Waals surface area contributed by atoms with Gasteiger partial charge >= 0.3 is 0 Å². The zero-order valence-electron chi connectivity index (χ0n) is 9.56. The molecule has 0 saturated heterocycles. The summed E-state index contributed by atoms with van der Waals surface area (Å²) in [5.74, 6) is 0. The largest absolute Gasteiger partial charge is 0.245 e. The molecule has 4 heteroatoms. The Morgan fingerprint density at radius 3 is 2.50 bits per heavy atom. The van der Waals surface area contributed by atoms with Crippen molar-refractivity contribution in [3.8, 4) is 22.5 Å². The average Bonchev–Trinajstić information content (AvgIpc) is 2.49. The van der Waals surface area contributed by atoms with Crippen LogP contribution in [0.15, 0.2) is 61.2 Å². The second-order valence-electron chi connectivity index (χ2n) is 3.79. The summed E-state index contributed by atoms with van der Waals surface area (Å²) in [7, 11) is 0. The van der Waals surface area contributed by atoms with Gasteiger partial charge in [0, 0.05) is 17.3 Å². The maximum Gasteiger partial charge on any atom is 0.116 e. The third kappa shape index (κ3) is 2.08. The molecule has 0 amide bonds. The van der Waals surface area contributed by atoms with Crippen LogP contribution in [-0.2, 0) is 0 Å². The SMILES string of the molecule is c1ccc(-c2cc(-c3ccncn3)cnn2)cc1. The topological polar surface area (TPSA) is 51.6 Å². The van der Waals surface area contributed by atoms with E-state index in [-0.39, 0.29) is 0 Å². The van der Waals surface area contributed by atoms with E-state index >= 15 is 0 Å². The predicted molar refractivity (Wildman–Crippen MR) is 68.5 cm³/mol. The van der Waals surface area contributed by atoms with Crippen LogP contribution in [0.25, 0.3) is 22.5 Å². The molecule has 0 unspecified atom stereocenters. The molecular weight excluding hydrogens is 224 g/mol. The van der Waals surface area contributed by atoms with E-state index in [1.807, 2.05) is 42.5 Å². The number of rotatable bonds is 2. The van der Waals surface area contributed by atoms with Crippen molar-refractivity contribution < 1.29 is 0 Å². The molecule has 2 heterocycles. The second-order valence-corrected chi connectivity index (χ2v) is 3.79. The normalized spacial score (nSPS) is 10.2. The van der Waals surface area contributed by atoms with Gasteiger partial charge in [-0.2, -0.15) is 10.2 Å². The number of hydrogen-bond donors (Lipinski definition) is 0. The minimum Gasteiger partial charge on any atom is -0.245 e. The standard InChI is InChI=1S/C14H10N4/c1-2-4-11(5-3-1)14-8-12(9-17-18-14)13-6-7-15-10-16-13/h1-10H. The van der Waals surface area contributed by atoms with Crippen LogP contribution in [0.4, 0.5) is 0 Å². The van der Waals surface area contributed by atoms with Crippen LogP contribution < -0.4 is 0 Å². The first-order valence-corrected chi connectivity index (χ1v) is 5.58. The third-order valence-electron chi connectivity index (χ3n) is 2.60. The summed E-state index contributed by atoms with van der Waals surface area (Å²) in [6.45, 7) is 0. The molecule has 18 heavy (non-hydrogen) atoms. The predicted octanol–water partition coefficient (Wildman–Crippen LogP) is 2.60. The Morgan fingerprint density at radius 2 is 1.72 bits per heavy atom. The maximum atomic E-state index is 4.20. The van der Waals surface area contributed by atoms with Gasteiger partial charge in [0.15, 0.2) is 0 Å². The smallest absolute Gasteiger partial charge is 0.116 e. The van der Waals surface area contributed by atoms with Gasteiger partial charge in [0.2, 0.25) is 0 Å². The number of nitrogens with zero attached hydrogens (tertiary/aromatic N) is 4. The lowest BCUT2D eigenvalue weighted by Gasteiger charge is -2.02. The van der Waals surface area contributed by atoms with Crippen molar-refractivity contribution in [3.63, 3.8) is 0 Å². The van der Waals surface area contributed by atoms with Crippen LogP contribution >= 0.6 is 0 Å². The summed E-state index contributed by atoms with van der Waals surface area (Å²) in [4.78, 5) is 8.11. The molecule has 0 bridgehead atoms. The molecule has 0 aliphatic carbocycles. The van der Waals surface area contributed by atoms with E-state index in [9.17, 15) is 0 Å². The second kappa shape index (κ2) is 4.71. The van der Waals surface area contributed by atoms with E-state index in [4.69, 9.17) is 0 Å². The van der Waals surface area contributed by atoms with Crippen molar-refractivity contribution in [2.24, 2.45) is 0 Å². The van der Waals surface area contributed by atoms with E-state index in [0.717, 1.165) is 22.5 Å².